The molecule has 29 heavy (non-hydrogen) atoms. The van der Waals surface area contributed by atoms with Crippen LogP contribution >= 0.6 is 0 Å². The molecule has 0 unspecified atom stereocenters. The van der Waals surface area contributed by atoms with Crippen molar-refractivity contribution < 1.29 is 14.3 Å². The molecule has 156 valence electrons. The van der Waals surface area contributed by atoms with Crippen LogP contribution in [0.5, 0.6) is 11.5 Å². The van der Waals surface area contributed by atoms with Gasteiger partial charge in [-0.1, -0.05) is 13.0 Å². The van der Waals surface area contributed by atoms with Crippen molar-refractivity contribution in [3.05, 3.63) is 41.2 Å². The standard InChI is InChI=1S/C22H30N4O3/c1-4-25-9-5-6-18(25)15-26(22(27)19-12-16(2)24(3)23-19)14-17-7-8-20-21(13-17)29-11-10-28-20/h7-8,12-13,18H,4-6,9-11,14-15H2,1-3H3/t18-/m1/s1. The number of likely N-dealkylation sites (N-methyl/N-ethyl adjacent to an activating group) is 1. The van der Waals surface area contributed by atoms with Crippen molar-refractivity contribution in [2.45, 2.75) is 39.3 Å². The molecule has 4 rings (SSSR count). The van der Waals surface area contributed by atoms with E-state index in [0.717, 1.165) is 42.3 Å². The molecule has 2 aliphatic rings. The van der Waals surface area contributed by atoms with Crippen LogP contribution in [0.4, 0.5) is 0 Å². The molecule has 0 N–H and O–H groups in total. The van der Waals surface area contributed by atoms with Gasteiger partial charge in [0.15, 0.2) is 17.2 Å². The third kappa shape index (κ3) is 4.24. The molecular formula is C22H30N4O3. The molecule has 2 aromatic rings. The highest BCUT2D eigenvalue weighted by Crippen LogP contribution is 2.31. The molecule has 0 aliphatic carbocycles. The van der Waals surface area contributed by atoms with E-state index in [-0.39, 0.29) is 5.91 Å². The lowest BCUT2D eigenvalue weighted by atomic mass is 10.1. The van der Waals surface area contributed by atoms with Gasteiger partial charge in [-0.15, -0.1) is 0 Å². The molecule has 0 saturated carbocycles. The van der Waals surface area contributed by atoms with Gasteiger partial charge in [-0.2, -0.15) is 5.10 Å². The summed E-state index contributed by atoms with van der Waals surface area (Å²) in [5, 5.41) is 4.42. The molecule has 7 nitrogen and oxygen atoms in total. The van der Waals surface area contributed by atoms with Crippen LogP contribution in [0.1, 0.15) is 41.5 Å². The zero-order valence-electron chi connectivity index (χ0n) is 17.6. The summed E-state index contributed by atoms with van der Waals surface area (Å²) >= 11 is 0. The van der Waals surface area contributed by atoms with Crippen LogP contribution in [0.15, 0.2) is 24.3 Å². The van der Waals surface area contributed by atoms with Crippen molar-refractivity contribution >= 4 is 5.91 Å². The van der Waals surface area contributed by atoms with E-state index in [9.17, 15) is 4.79 Å². The second-order valence-corrected chi connectivity index (χ2v) is 7.88. The van der Waals surface area contributed by atoms with Crippen molar-refractivity contribution in [3.8, 4) is 11.5 Å². The van der Waals surface area contributed by atoms with Gasteiger partial charge in [-0.05, 0) is 56.6 Å². The molecule has 1 amide bonds. The fraction of sp³-hybridized carbons (Fsp3) is 0.545. The average Bonchev–Trinajstić information content (AvgIpc) is 3.32. The van der Waals surface area contributed by atoms with E-state index in [1.807, 2.05) is 43.1 Å². The lowest BCUT2D eigenvalue weighted by Gasteiger charge is -2.30. The Morgan fingerprint density at radius 3 is 2.76 bits per heavy atom. The third-order valence-electron chi connectivity index (χ3n) is 5.94. The number of fused-ring (bicyclic) bond motifs is 1. The summed E-state index contributed by atoms with van der Waals surface area (Å²) in [6, 6.07) is 8.21. The molecule has 7 heteroatoms. The lowest BCUT2D eigenvalue weighted by Crippen LogP contribution is -2.42. The minimum absolute atomic E-state index is 0.0217. The van der Waals surface area contributed by atoms with Crippen LogP contribution in [-0.2, 0) is 13.6 Å². The summed E-state index contributed by atoms with van der Waals surface area (Å²) in [4.78, 5) is 17.8. The van der Waals surface area contributed by atoms with Crippen molar-refractivity contribution in [2.24, 2.45) is 7.05 Å². The molecule has 1 saturated heterocycles. The maximum Gasteiger partial charge on any atom is 0.274 e. The maximum atomic E-state index is 13.4. The van der Waals surface area contributed by atoms with E-state index in [0.29, 0.717) is 38.0 Å². The van der Waals surface area contributed by atoms with Crippen LogP contribution in [0, 0.1) is 6.92 Å². The van der Waals surface area contributed by atoms with Gasteiger partial charge >= 0.3 is 0 Å². The number of benzene rings is 1. The number of hydrogen-bond donors (Lipinski definition) is 0. The van der Waals surface area contributed by atoms with Gasteiger partial charge in [-0.3, -0.25) is 14.4 Å². The van der Waals surface area contributed by atoms with Gasteiger partial charge < -0.3 is 14.4 Å². The van der Waals surface area contributed by atoms with Gasteiger partial charge in [0.1, 0.15) is 13.2 Å². The third-order valence-corrected chi connectivity index (χ3v) is 5.94. The van der Waals surface area contributed by atoms with Gasteiger partial charge in [0.25, 0.3) is 5.91 Å². The van der Waals surface area contributed by atoms with Crippen LogP contribution in [0.3, 0.4) is 0 Å². The van der Waals surface area contributed by atoms with Crippen molar-refractivity contribution in [1.29, 1.82) is 0 Å². The summed E-state index contributed by atoms with van der Waals surface area (Å²) in [5.74, 6) is 1.50. The number of carbonyl (C=O) groups excluding carboxylic acids is 1. The van der Waals surface area contributed by atoms with E-state index >= 15 is 0 Å². The Morgan fingerprint density at radius 2 is 2.03 bits per heavy atom. The number of likely N-dealkylation sites (tertiary alicyclic amines) is 1. The average molecular weight is 399 g/mol. The molecule has 1 aromatic carbocycles. The second-order valence-electron chi connectivity index (χ2n) is 7.88. The van der Waals surface area contributed by atoms with E-state index in [2.05, 4.69) is 16.9 Å². The topological polar surface area (TPSA) is 59.8 Å². The highest BCUT2D eigenvalue weighted by atomic mass is 16.6. The second kappa shape index (κ2) is 8.45. The largest absolute Gasteiger partial charge is 0.486 e. The zero-order chi connectivity index (χ0) is 20.4. The minimum atomic E-state index is -0.0217. The maximum absolute atomic E-state index is 13.4. The summed E-state index contributed by atoms with van der Waals surface area (Å²) in [6.45, 7) is 8.63. The van der Waals surface area contributed by atoms with Crippen LogP contribution in [0.25, 0.3) is 0 Å². The number of amides is 1. The number of aromatic nitrogens is 2. The fourth-order valence-electron chi connectivity index (χ4n) is 4.23. The Labute approximate surface area is 172 Å². The van der Waals surface area contributed by atoms with Crippen molar-refractivity contribution in [1.82, 2.24) is 19.6 Å². The van der Waals surface area contributed by atoms with Gasteiger partial charge in [0.05, 0.1) is 0 Å². The molecule has 0 radical (unpaired) electrons. The molecule has 2 aliphatic heterocycles. The van der Waals surface area contributed by atoms with Gasteiger partial charge in [-0.25, -0.2) is 0 Å². The van der Waals surface area contributed by atoms with E-state index in [1.54, 1.807) is 4.68 Å². The Kier molecular flexibility index (Phi) is 5.76. The number of carbonyl (C=O) groups is 1. The first-order valence-corrected chi connectivity index (χ1v) is 10.5. The molecule has 1 atom stereocenters. The SMILES string of the molecule is CCN1CCC[C@@H]1CN(Cc1ccc2c(c1)OCCO2)C(=O)c1cc(C)n(C)n1. The monoisotopic (exact) mass is 398 g/mol. The summed E-state index contributed by atoms with van der Waals surface area (Å²) in [5.41, 5.74) is 2.52. The van der Waals surface area contributed by atoms with Crippen molar-refractivity contribution in [2.75, 3.05) is 32.8 Å². The number of ether oxygens (including phenoxy) is 2. The summed E-state index contributed by atoms with van der Waals surface area (Å²) < 4.78 is 13.1. The number of rotatable bonds is 6. The Hall–Kier alpha value is -2.54. The Bertz CT molecular complexity index is 859. The van der Waals surface area contributed by atoms with Gasteiger partial charge in [0.2, 0.25) is 0 Å². The fourth-order valence-corrected chi connectivity index (χ4v) is 4.23. The van der Waals surface area contributed by atoms with E-state index in [4.69, 9.17) is 9.47 Å². The highest BCUT2D eigenvalue weighted by Gasteiger charge is 2.29. The molecule has 0 bridgehead atoms. The van der Waals surface area contributed by atoms with E-state index < -0.39 is 0 Å². The molecule has 3 heterocycles. The number of hydrogen-bond acceptors (Lipinski definition) is 5. The number of aryl methyl sites for hydroxylation is 2. The number of nitrogens with zero attached hydrogens (tertiary/aromatic N) is 4. The minimum Gasteiger partial charge on any atom is -0.486 e. The molecule has 1 fully saturated rings. The predicted molar refractivity (Wildman–Crippen MR) is 110 cm³/mol. The summed E-state index contributed by atoms with van der Waals surface area (Å²) in [6.07, 6.45) is 2.31. The molecule has 0 spiro atoms. The highest BCUT2D eigenvalue weighted by molar-refractivity contribution is 5.92. The van der Waals surface area contributed by atoms with Crippen LogP contribution in [-0.4, -0.2) is 64.4 Å². The van der Waals surface area contributed by atoms with Gasteiger partial charge in [0, 0.05) is 31.9 Å². The lowest BCUT2D eigenvalue weighted by molar-refractivity contribution is 0.0685. The summed E-state index contributed by atoms with van der Waals surface area (Å²) in [7, 11) is 1.87. The Balaban J connectivity index is 1.58. The quantitative estimate of drug-likeness (QED) is 0.749. The van der Waals surface area contributed by atoms with Crippen molar-refractivity contribution in [3.63, 3.8) is 0 Å². The normalized spacial score (nSPS) is 18.8. The first kappa shape index (κ1) is 19.8. The smallest absolute Gasteiger partial charge is 0.274 e. The molecular weight excluding hydrogens is 368 g/mol. The van der Waals surface area contributed by atoms with Crippen LogP contribution < -0.4 is 9.47 Å². The molecule has 1 aromatic heterocycles. The van der Waals surface area contributed by atoms with E-state index in [1.165, 1.54) is 6.42 Å². The zero-order valence-corrected chi connectivity index (χ0v) is 17.6. The van der Waals surface area contributed by atoms with Crippen LogP contribution in [0.2, 0.25) is 0 Å². The first-order chi connectivity index (χ1) is 14.0. The first-order valence-electron chi connectivity index (χ1n) is 10.5. The Morgan fingerprint density at radius 1 is 1.24 bits per heavy atom. The predicted octanol–water partition coefficient (Wildman–Crippen LogP) is 2.63.